The zero-order chi connectivity index (χ0) is 30.9. The van der Waals surface area contributed by atoms with Gasteiger partial charge in [-0.05, 0) is 51.4 Å². The fraction of sp³-hybridized carbons (Fsp3) is 0.892. The summed E-state index contributed by atoms with van der Waals surface area (Å²) in [6.07, 6.45) is 37.9. The molecule has 42 heavy (non-hydrogen) atoms. The van der Waals surface area contributed by atoms with Crippen molar-refractivity contribution >= 4 is 11.9 Å². The van der Waals surface area contributed by atoms with E-state index >= 15 is 0 Å². The Labute approximate surface area is 260 Å². The van der Waals surface area contributed by atoms with Gasteiger partial charge in [-0.1, -0.05) is 148 Å². The van der Waals surface area contributed by atoms with Crippen molar-refractivity contribution < 1.29 is 24.5 Å². The molecule has 2 unspecified atom stereocenters. The van der Waals surface area contributed by atoms with E-state index in [-0.39, 0.29) is 0 Å². The van der Waals surface area contributed by atoms with Crippen molar-refractivity contribution in [1.29, 1.82) is 0 Å². The molecule has 0 aliphatic rings. The van der Waals surface area contributed by atoms with Crippen LogP contribution < -0.4 is 0 Å². The summed E-state index contributed by atoms with van der Waals surface area (Å²) in [5.74, 6) is -1.36. The first-order valence-electron chi connectivity index (χ1n) is 18.2. The quantitative estimate of drug-likeness (QED) is 0.0572. The average Bonchev–Trinajstić information content (AvgIpc) is 2.96. The van der Waals surface area contributed by atoms with Crippen molar-refractivity contribution in [3.8, 4) is 0 Å². The number of carbonyl (C=O) groups is 2. The van der Waals surface area contributed by atoms with Gasteiger partial charge in [0.05, 0.1) is 12.2 Å². The monoisotopic (exact) mass is 595 g/mol. The van der Waals surface area contributed by atoms with Gasteiger partial charge in [0.1, 0.15) is 0 Å². The zero-order valence-electron chi connectivity index (χ0n) is 27.9. The maximum atomic E-state index is 10.7. The molecule has 5 nitrogen and oxygen atoms in total. The van der Waals surface area contributed by atoms with Gasteiger partial charge < -0.3 is 14.9 Å². The molecule has 2 N–H and O–H groups in total. The van der Waals surface area contributed by atoms with Gasteiger partial charge in [0, 0.05) is 12.8 Å². The van der Waals surface area contributed by atoms with Gasteiger partial charge in [-0.25, -0.2) is 0 Å². The fourth-order valence-corrected chi connectivity index (χ4v) is 5.71. The van der Waals surface area contributed by atoms with E-state index in [0.29, 0.717) is 25.0 Å². The Balaban J connectivity index is 4.75. The van der Waals surface area contributed by atoms with Crippen LogP contribution in [0.25, 0.3) is 0 Å². The molecule has 5 heteroatoms. The Kier molecular flexibility index (Phi) is 31.5. The highest BCUT2D eigenvalue weighted by molar-refractivity contribution is 5.66. The molecule has 2 atom stereocenters. The third-order valence-corrected chi connectivity index (χ3v) is 8.39. The number of carboxylic acids is 2. The number of hydrogen-bond acceptors (Lipinski definition) is 3. The normalized spacial score (nSPS) is 13.1. The molecule has 0 aliphatic carbocycles. The maximum Gasteiger partial charge on any atom is 0.303 e. The summed E-state index contributed by atoms with van der Waals surface area (Å²) in [4.78, 5) is 21.4. The number of rotatable bonds is 34. The van der Waals surface area contributed by atoms with E-state index in [1.165, 1.54) is 116 Å². The van der Waals surface area contributed by atoms with Crippen LogP contribution in [0.15, 0.2) is 12.2 Å². The molecule has 0 spiro atoms. The van der Waals surface area contributed by atoms with E-state index in [2.05, 4.69) is 26.0 Å². The van der Waals surface area contributed by atoms with Gasteiger partial charge >= 0.3 is 11.9 Å². The Hall–Kier alpha value is -1.36. The van der Waals surface area contributed by atoms with E-state index < -0.39 is 11.9 Å². The maximum absolute atomic E-state index is 10.7. The summed E-state index contributed by atoms with van der Waals surface area (Å²) in [5, 5.41) is 17.6. The van der Waals surface area contributed by atoms with E-state index in [1.54, 1.807) is 0 Å². The second-order valence-corrected chi connectivity index (χ2v) is 12.6. The second kappa shape index (κ2) is 32.6. The van der Waals surface area contributed by atoms with Crippen LogP contribution >= 0.6 is 0 Å². The van der Waals surface area contributed by atoms with Gasteiger partial charge in [-0.2, -0.15) is 0 Å². The Morgan fingerprint density at radius 1 is 0.500 bits per heavy atom. The van der Waals surface area contributed by atoms with Crippen LogP contribution in [0.3, 0.4) is 0 Å². The highest BCUT2D eigenvalue weighted by Gasteiger charge is 2.16. The third-order valence-electron chi connectivity index (χ3n) is 8.39. The van der Waals surface area contributed by atoms with Crippen LogP contribution in [-0.4, -0.2) is 34.4 Å². The van der Waals surface area contributed by atoms with Gasteiger partial charge in [-0.15, -0.1) is 0 Å². The summed E-state index contributed by atoms with van der Waals surface area (Å²) in [6, 6.07) is 0. The largest absolute Gasteiger partial charge is 0.481 e. The second-order valence-electron chi connectivity index (χ2n) is 12.6. The lowest BCUT2D eigenvalue weighted by Gasteiger charge is -2.25. The van der Waals surface area contributed by atoms with Crippen LogP contribution in [0.2, 0.25) is 0 Å². The van der Waals surface area contributed by atoms with Crippen molar-refractivity contribution in [3.63, 3.8) is 0 Å². The zero-order valence-corrected chi connectivity index (χ0v) is 27.9. The first-order valence-corrected chi connectivity index (χ1v) is 18.2. The highest BCUT2D eigenvalue weighted by Crippen LogP contribution is 2.22. The van der Waals surface area contributed by atoms with E-state index in [9.17, 15) is 9.59 Å². The van der Waals surface area contributed by atoms with Crippen LogP contribution in [0, 0.1) is 0 Å². The molecule has 0 aromatic heterocycles. The van der Waals surface area contributed by atoms with Crippen molar-refractivity contribution in [2.24, 2.45) is 0 Å². The summed E-state index contributed by atoms with van der Waals surface area (Å²) >= 11 is 0. The number of unbranched alkanes of at least 4 members (excludes halogenated alkanes) is 19. The average molecular weight is 595 g/mol. The smallest absolute Gasteiger partial charge is 0.303 e. The molecule has 0 aromatic rings. The topological polar surface area (TPSA) is 83.8 Å². The lowest BCUT2D eigenvalue weighted by atomic mass is 10.0. The van der Waals surface area contributed by atoms with Crippen LogP contribution in [0.1, 0.15) is 200 Å². The predicted molar refractivity (Wildman–Crippen MR) is 178 cm³/mol. The molecule has 0 radical (unpaired) electrons. The summed E-state index contributed by atoms with van der Waals surface area (Å²) in [5.41, 5.74) is 0. The Morgan fingerprint density at radius 2 is 0.881 bits per heavy atom. The van der Waals surface area contributed by atoms with E-state index in [4.69, 9.17) is 14.9 Å². The van der Waals surface area contributed by atoms with Crippen LogP contribution in [0.4, 0.5) is 0 Å². The lowest BCUT2D eigenvalue weighted by molar-refractivity contribution is -0.138. The van der Waals surface area contributed by atoms with Crippen molar-refractivity contribution in [2.45, 2.75) is 212 Å². The van der Waals surface area contributed by atoms with Gasteiger partial charge in [0.2, 0.25) is 0 Å². The van der Waals surface area contributed by atoms with E-state index in [1.807, 2.05) is 0 Å². The Bertz CT molecular complexity index is 617. The van der Waals surface area contributed by atoms with Gasteiger partial charge in [0.25, 0.3) is 0 Å². The van der Waals surface area contributed by atoms with E-state index in [0.717, 1.165) is 57.8 Å². The molecule has 0 aliphatic heterocycles. The van der Waals surface area contributed by atoms with Crippen molar-refractivity contribution in [1.82, 2.24) is 0 Å². The van der Waals surface area contributed by atoms with Crippen LogP contribution in [0.5, 0.6) is 0 Å². The molecule has 0 bridgehead atoms. The van der Waals surface area contributed by atoms with Gasteiger partial charge in [-0.3, -0.25) is 9.59 Å². The summed E-state index contributed by atoms with van der Waals surface area (Å²) in [7, 11) is 0. The number of hydrogen-bond donors (Lipinski definition) is 2. The molecular weight excluding hydrogens is 524 g/mol. The molecule has 0 saturated heterocycles. The minimum Gasteiger partial charge on any atom is -0.481 e. The molecular formula is C37H70O5. The highest BCUT2D eigenvalue weighted by atomic mass is 16.5. The van der Waals surface area contributed by atoms with Crippen molar-refractivity contribution in [3.05, 3.63) is 12.2 Å². The molecule has 0 fully saturated rings. The molecule has 0 amide bonds. The minimum atomic E-state index is -0.681. The number of allylic oxidation sites excluding steroid dienone is 1. The summed E-state index contributed by atoms with van der Waals surface area (Å²) in [6.45, 7) is 4.53. The third kappa shape index (κ3) is 31.6. The number of carboxylic acid groups (broad SMARTS) is 2. The SMILES string of the molecule is CCCCCC/C=C/CC(CCCCCCCCC(=O)O)OC(CCCCCCCC)CCCCCCCCC(=O)O. The number of aliphatic carboxylic acids is 2. The molecule has 0 rings (SSSR count). The van der Waals surface area contributed by atoms with Crippen molar-refractivity contribution in [2.75, 3.05) is 0 Å². The first kappa shape index (κ1) is 40.6. The van der Waals surface area contributed by atoms with Gasteiger partial charge in [0.15, 0.2) is 0 Å². The van der Waals surface area contributed by atoms with Crippen LogP contribution in [-0.2, 0) is 14.3 Å². The molecule has 248 valence electrons. The standard InChI is InChI=1S/C37H70O5/c1-3-5-7-9-11-17-23-29-35(31-25-19-13-15-21-27-33-37(40)41)42-34(28-22-16-10-8-6-4-2)30-24-18-12-14-20-26-32-36(38)39/h17,23,34-35H,3-16,18-22,24-33H2,1-2H3,(H,38,39)(H,40,41)/b23-17+. The molecule has 0 aromatic carbocycles. The summed E-state index contributed by atoms with van der Waals surface area (Å²) < 4.78 is 6.88. The lowest BCUT2D eigenvalue weighted by Crippen LogP contribution is -2.22. The predicted octanol–water partition coefficient (Wildman–Crippen LogP) is 11.8. The Morgan fingerprint density at radius 3 is 1.33 bits per heavy atom. The minimum absolute atomic E-state index is 0.296. The molecule has 0 heterocycles. The number of ether oxygens (including phenoxy) is 1. The first-order chi connectivity index (χ1) is 20.5. The molecule has 0 saturated carbocycles. The fourth-order valence-electron chi connectivity index (χ4n) is 5.71.